The zero-order chi connectivity index (χ0) is 12.3. The minimum absolute atomic E-state index is 0.148. The fraction of sp³-hybridized carbons (Fsp3) is 0.0909. The second-order valence-corrected chi connectivity index (χ2v) is 3.22. The molecule has 0 aliphatic heterocycles. The number of benzene rings is 1. The van der Waals surface area contributed by atoms with Gasteiger partial charge in [0.05, 0.1) is 5.57 Å². The quantitative estimate of drug-likeness (QED) is 0.752. The van der Waals surface area contributed by atoms with Crippen LogP contribution in [0, 0.1) is 12.7 Å². The number of carbonyl (C=O) groups is 2. The number of hydrogen-bond donors (Lipinski definition) is 2. The van der Waals surface area contributed by atoms with Crippen molar-refractivity contribution in [2.45, 2.75) is 6.92 Å². The van der Waals surface area contributed by atoms with Crippen LogP contribution in [-0.4, -0.2) is 17.0 Å². The second-order valence-electron chi connectivity index (χ2n) is 3.22. The Morgan fingerprint density at radius 2 is 2.06 bits per heavy atom. The maximum absolute atomic E-state index is 12.8. The molecule has 0 spiro atoms. The Hall–Kier alpha value is -2.17. The minimum atomic E-state index is -1.28. The number of carboxylic acid groups (broad SMARTS) is 1. The van der Waals surface area contributed by atoms with Gasteiger partial charge in [0.15, 0.2) is 0 Å². The molecule has 5 heteroatoms. The number of rotatable bonds is 3. The molecule has 4 nitrogen and oxygen atoms in total. The fourth-order valence-corrected chi connectivity index (χ4v) is 1.33. The number of carboxylic acids is 1. The Balaban J connectivity index is 3.33. The summed E-state index contributed by atoms with van der Waals surface area (Å²) in [6.07, 6.45) is 0.711. The van der Waals surface area contributed by atoms with Gasteiger partial charge in [-0.3, -0.25) is 4.79 Å². The standard InChI is InChI=1S/C11H10FNO3/c1-6-4-7(12)2-3-8(6)9(11(13)16)5-10(14)15/h2-5H,1H3,(H2,13,16)(H,14,15)/b9-5-. The van der Waals surface area contributed by atoms with E-state index >= 15 is 0 Å². The lowest BCUT2D eigenvalue weighted by Gasteiger charge is -2.06. The Kier molecular flexibility index (Phi) is 3.40. The molecule has 1 aromatic carbocycles. The summed E-state index contributed by atoms with van der Waals surface area (Å²) >= 11 is 0. The zero-order valence-corrected chi connectivity index (χ0v) is 8.53. The van der Waals surface area contributed by atoms with E-state index in [1.165, 1.54) is 12.1 Å². The molecular formula is C11H10FNO3. The first kappa shape index (κ1) is 11.9. The van der Waals surface area contributed by atoms with Crippen molar-refractivity contribution in [2.24, 2.45) is 5.73 Å². The number of halogens is 1. The van der Waals surface area contributed by atoms with Gasteiger partial charge in [0.2, 0.25) is 5.91 Å². The van der Waals surface area contributed by atoms with Crippen LogP contribution in [0.15, 0.2) is 24.3 Å². The van der Waals surface area contributed by atoms with E-state index in [-0.39, 0.29) is 5.57 Å². The average Bonchev–Trinajstić information content (AvgIpc) is 2.14. The van der Waals surface area contributed by atoms with E-state index in [0.717, 1.165) is 6.07 Å². The molecule has 0 atom stereocenters. The third-order valence-corrected chi connectivity index (χ3v) is 2.01. The van der Waals surface area contributed by atoms with Crippen molar-refractivity contribution in [1.82, 2.24) is 0 Å². The number of carbonyl (C=O) groups excluding carboxylic acids is 1. The molecule has 0 aliphatic rings. The SMILES string of the molecule is Cc1cc(F)ccc1/C(=C/C(=O)O)C(N)=O. The van der Waals surface area contributed by atoms with Gasteiger partial charge in [-0.25, -0.2) is 9.18 Å². The molecule has 84 valence electrons. The van der Waals surface area contributed by atoms with Crippen LogP contribution in [0.1, 0.15) is 11.1 Å². The minimum Gasteiger partial charge on any atom is -0.478 e. The molecule has 0 aromatic heterocycles. The van der Waals surface area contributed by atoms with Crippen LogP contribution in [0.5, 0.6) is 0 Å². The molecule has 1 rings (SSSR count). The molecule has 16 heavy (non-hydrogen) atoms. The van der Waals surface area contributed by atoms with Crippen LogP contribution < -0.4 is 5.73 Å². The van der Waals surface area contributed by atoms with Gasteiger partial charge in [0, 0.05) is 6.08 Å². The van der Waals surface area contributed by atoms with Crippen molar-refractivity contribution in [2.75, 3.05) is 0 Å². The summed E-state index contributed by atoms with van der Waals surface area (Å²) in [6.45, 7) is 1.57. The Bertz CT molecular complexity index is 480. The van der Waals surface area contributed by atoms with Gasteiger partial charge >= 0.3 is 5.97 Å². The third kappa shape index (κ3) is 2.66. The topological polar surface area (TPSA) is 80.4 Å². The van der Waals surface area contributed by atoms with Gasteiger partial charge in [0.1, 0.15) is 5.82 Å². The lowest BCUT2D eigenvalue weighted by molar-refractivity contribution is -0.131. The first-order valence-corrected chi connectivity index (χ1v) is 4.42. The van der Waals surface area contributed by atoms with E-state index in [9.17, 15) is 14.0 Å². The predicted octanol–water partition coefficient (Wildman–Crippen LogP) is 1.09. The van der Waals surface area contributed by atoms with Gasteiger partial charge in [-0.2, -0.15) is 0 Å². The van der Waals surface area contributed by atoms with Gasteiger partial charge in [0.25, 0.3) is 0 Å². The van der Waals surface area contributed by atoms with Crippen LogP contribution >= 0.6 is 0 Å². The molecule has 0 saturated carbocycles. The fourth-order valence-electron chi connectivity index (χ4n) is 1.33. The summed E-state index contributed by atoms with van der Waals surface area (Å²) in [4.78, 5) is 21.6. The lowest BCUT2D eigenvalue weighted by atomic mass is 9.99. The molecule has 0 radical (unpaired) electrons. The van der Waals surface area contributed by atoms with Crippen molar-refractivity contribution in [3.8, 4) is 0 Å². The van der Waals surface area contributed by atoms with Crippen molar-refractivity contribution in [3.63, 3.8) is 0 Å². The van der Waals surface area contributed by atoms with Crippen LogP contribution in [0.25, 0.3) is 5.57 Å². The van der Waals surface area contributed by atoms with E-state index in [1.54, 1.807) is 6.92 Å². The lowest BCUT2D eigenvalue weighted by Crippen LogP contribution is -2.15. The third-order valence-electron chi connectivity index (χ3n) is 2.01. The van der Waals surface area contributed by atoms with Gasteiger partial charge in [-0.05, 0) is 30.2 Å². The number of nitrogens with two attached hydrogens (primary N) is 1. The van der Waals surface area contributed by atoms with Crippen molar-refractivity contribution in [3.05, 3.63) is 41.2 Å². The molecule has 0 fully saturated rings. The molecule has 0 unspecified atom stereocenters. The number of amides is 1. The summed E-state index contributed by atoms with van der Waals surface area (Å²) < 4.78 is 12.8. The first-order valence-electron chi connectivity index (χ1n) is 4.42. The highest BCUT2D eigenvalue weighted by atomic mass is 19.1. The summed E-state index contributed by atoms with van der Waals surface area (Å²) in [5.74, 6) is -2.60. The van der Waals surface area contributed by atoms with Crippen LogP contribution in [0.2, 0.25) is 0 Å². The Morgan fingerprint density at radius 3 is 2.50 bits per heavy atom. The molecule has 0 saturated heterocycles. The van der Waals surface area contributed by atoms with Gasteiger partial charge < -0.3 is 10.8 Å². The normalized spacial score (nSPS) is 11.2. The summed E-state index contributed by atoms with van der Waals surface area (Å²) in [5.41, 5.74) is 5.68. The maximum atomic E-state index is 12.8. The Labute approximate surface area is 91.2 Å². The molecule has 1 amide bonds. The van der Waals surface area contributed by atoms with Crippen LogP contribution in [-0.2, 0) is 9.59 Å². The van der Waals surface area contributed by atoms with Crippen molar-refractivity contribution in [1.29, 1.82) is 0 Å². The molecule has 0 heterocycles. The van der Waals surface area contributed by atoms with Crippen molar-refractivity contribution >= 4 is 17.4 Å². The van der Waals surface area contributed by atoms with Crippen LogP contribution in [0.4, 0.5) is 4.39 Å². The Morgan fingerprint density at radius 1 is 1.44 bits per heavy atom. The summed E-state index contributed by atoms with van der Waals surface area (Å²) in [6, 6.07) is 3.67. The van der Waals surface area contributed by atoms with Gasteiger partial charge in [-0.1, -0.05) is 6.07 Å². The molecule has 0 bridgehead atoms. The van der Waals surface area contributed by atoms with Crippen molar-refractivity contribution < 1.29 is 19.1 Å². The average molecular weight is 223 g/mol. The smallest absolute Gasteiger partial charge is 0.329 e. The first-order chi connectivity index (χ1) is 7.41. The van der Waals surface area contributed by atoms with Crippen LogP contribution in [0.3, 0.4) is 0 Å². The summed E-state index contributed by atoms with van der Waals surface area (Å²) in [7, 11) is 0. The highest BCUT2D eigenvalue weighted by Crippen LogP contribution is 2.19. The van der Waals surface area contributed by atoms with Gasteiger partial charge in [-0.15, -0.1) is 0 Å². The monoisotopic (exact) mass is 223 g/mol. The predicted molar refractivity (Wildman–Crippen MR) is 55.9 cm³/mol. The van der Waals surface area contributed by atoms with E-state index in [1.807, 2.05) is 0 Å². The number of aliphatic carboxylic acids is 1. The summed E-state index contributed by atoms with van der Waals surface area (Å²) in [5, 5.41) is 8.58. The molecule has 0 aliphatic carbocycles. The number of hydrogen-bond acceptors (Lipinski definition) is 2. The maximum Gasteiger partial charge on any atom is 0.329 e. The number of aryl methyl sites for hydroxylation is 1. The number of primary amides is 1. The highest BCUT2D eigenvalue weighted by Gasteiger charge is 2.13. The largest absolute Gasteiger partial charge is 0.478 e. The van der Waals surface area contributed by atoms with E-state index in [2.05, 4.69) is 0 Å². The molecule has 3 N–H and O–H groups in total. The zero-order valence-electron chi connectivity index (χ0n) is 8.53. The highest BCUT2D eigenvalue weighted by molar-refractivity contribution is 6.22. The van der Waals surface area contributed by atoms with E-state index in [0.29, 0.717) is 17.2 Å². The molecular weight excluding hydrogens is 213 g/mol. The second kappa shape index (κ2) is 4.57. The molecule has 1 aromatic rings. The van der Waals surface area contributed by atoms with E-state index in [4.69, 9.17) is 10.8 Å². The van der Waals surface area contributed by atoms with E-state index < -0.39 is 17.7 Å².